The highest BCUT2D eigenvalue weighted by Gasteiger charge is 2.26. The van der Waals surface area contributed by atoms with Crippen molar-refractivity contribution in [1.82, 2.24) is 24.7 Å². The number of halogens is 1. The van der Waals surface area contributed by atoms with Gasteiger partial charge >= 0.3 is 0 Å². The van der Waals surface area contributed by atoms with Gasteiger partial charge < -0.3 is 4.90 Å². The molecule has 1 aliphatic rings. The van der Waals surface area contributed by atoms with Gasteiger partial charge in [-0.2, -0.15) is 14.8 Å². The molecule has 0 saturated carbocycles. The predicted octanol–water partition coefficient (Wildman–Crippen LogP) is 2.95. The Morgan fingerprint density at radius 1 is 1.14 bits per heavy atom. The van der Waals surface area contributed by atoms with Gasteiger partial charge in [0, 0.05) is 19.0 Å². The van der Waals surface area contributed by atoms with Crippen LogP contribution in [-0.4, -0.2) is 37.8 Å². The number of pyridine rings is 1. The summed E-state index contributed by atoms with van der Waals surface area (Å²) in [7, 11) is 0. The molecule has 1 aliphatic heterocycles. The minimum atomic E-state index is -0.434. The zero-order valence-corrected chi connectivity index (χ0v) is 15.8. The maximum atomic E-state index is 13.2. The lowest BCUT2D eigenvalue weighted by Gasteiger charge is -2.17. The smallest absolute Gasteiger partial charge is 0.263 e. The first-order valence-electron chi connectivity index (χ1n) is 9.50. The van der Waals surface area contributed by atoms with Crippen molar-refractivity contribution in [3.8, 4) is 5.82 Å². The number of anilines is 1. The van der Waals surface area contributed by atoms with Crippen molar-refractivity contribution < 1.29 is 4.39 Å². The van der Waals surface area contributed by atoms with Crippen molar-refractivity contribution in [1.29, 1.82) is 0 Å². The summed E-state index contributed by atoms with van der Waals surface area (Å²) in [5, 5.41) is 4.59. The molecule has 1 atom stereocenters. The summed E-state index contributed by atoms with van der Waals surface area (Å²) < 4.78 is 14.7. The normalized spacial score (nSPS) is 16.6. The second-order valence-electron chi connectivity index (χ2n) is 7.36. The number of fused-ring (bicyclic) bond motifs is 1. The fourth-order valence-electron chi connectivity index (χ4n) is 3.78. The molecule has 29 heavy (non-hydrogen) atoms. The van der Waals surface area contributed by atoms with E-state index < -0.39 is 5.82 Å². The summed E-state index contributed by atoms with van der Waals surface area (Å²) in [5.41, 5.74) is 2.68. The lowest BCUT2D eigenvalue weighted by atomic mass is 9.98. The van der Waals surface area contributed by atoms with E-state index in [0.29, 0.717) is 28.7 Å². The Labute approximate surface area is 165 Å². The van der Waals surface area contributed by atoms with Gasteiger partial charge in [-0.25, -0.2) is 9.37 Å². The summed E-state index contributed by atoms with van der Waals surface area (Å²) >= 11 is 0. The van der Waals surface area contributed by atoms with Crippen LogP contribution < -0.4 is 10.5 Å². The number of benzene rings is 1. The fourth-order valence-corrected chi connectivity index (χ4v) is 3.78. The second-order valence-corrected chi connectivity index (χ2v) is 7.36. The van der Waals surface area contributed by atoms with Gasteiger partial charge in [0.25, 0.3) is 5.56 Å². The Bertz CT molecular complexity index is 1230. The Morgan fingerprint density at radius 3 is 2.72 bits per heavy atom. The summed E-state index contributed by atoms with van der Waals surface area (Å²) in [4.78, 5) is 26.2. The second kappa shape index (κ2) is 6.80. The highest BCUT2D eigenvalue weighted by molar-refractivity contribution is 5.76. The van der Waals surface area contributed by atoms with Gasteiger partial charge in [-0.15, -0.1) is 0 Å². The molecule has 0 spiro atoms. The monoisotopic (exact) mass is 390 g/mol. The number of hydrogen-bond acceptors (Lipinski definition) is 5. The van der Waals surface area contributed by atoms with E-state index >= 15 is 0 Å². The molecule has 5 rings (SSSR count). The quantitative estimate of drug-likeness (QED) is 0.582. The molecule has 0 bridgehead atoms. The number of aromatic nitrogens is 5. The first-order valence-corrected chi connectivity index (χ1v) is 9.50. The first kappa shape index (κ1) is 17.5. The van der Waals surface area contributed by atoms with Crippen LogP contribution in [0.15, 0.2) is 53.6 Å². The molecule has 1 unspecified atom stereocenters. The molecule has 146 valence electrons. The van der Waals surface area contributed by atoms with E-state index in [4.69, 9.17) is 0 Å². The molecule has 7 nitrogen and oxygen atoms in total. The van der Waals surface area contributed by atoms with E-state index in [9.17, 15) is 9.18 Å². The van der Waals surface area contributed by atoms with E-state index in [1.54, 1.807) is 0 Å². The Balaban J connectivity index is 1.49. The van der Waals surface area contributed by atoms with Crippen LogP contribution in [0.5, 0.6) is 0 Å². The topological polar surface area (TPSA) is 79.7 Å². The van der Waals surface area contributed by atoms with Crippen LogP contribution in [0.1, 0.15) is 23.5 Å². The molecule has 1 N–H and O–H groups in total. The summed E-state index contributed by atoms with van der Waals surface area (Å²) in [6.45, 7) is 3.66. The minimum Gasteiger partial charge on any atom is -0.342 e. The molecule has 1 saturated heterocycles. The summed E-state index contributed by atoms with van der Waals surface area (Å²) in [5.74, 6) is 0.876. The number of H-pyrrole nitrogens is 1. The van der Waals surface area contributed by atoms with Gasteiger partial charge in [0.1, 0.15) is 11.2 Å². The molecule has 8 heteroatoms. The average Bonchev–Trinajstić information content (AvgIpc) is 3.37. The molecular weight excluding hydrogens is 371 g/mol. The summed E-state index contributed by atoms with van der Waals surface area (Å²) in [6.07, 6.45) is 3.56. The van der Waals surface area contributed by atoms with Crippen LogP contribution >= 0.6 is 0 Å². The van der Waals surface area contributed by atoms with Gasteiger partial charge in [0.05, 0.1) is 12.4 Å². The molecule has 0 aliphatic carbocycles. The van der Waals surface area contributed by atoms with Crippen LogP contribution in [0.25, 0.3) is 16.9 Å². The summed E-state index contributed by atoms with van der Waals surface area (Å²) in [6, 6.07) is 11.4. The van der Waals surface area contributed by atoms with E-state index in [1.807, 2.05) is 0 Å². The van der Waals surface area contributed by atoms with Crippen molar-refractivity contribution in [3.63, 3.8) is 0 Å². The Morgan fingerprint density at radius 2 is 1.97 bits per heavy atom. The van der Waals surface area contributed by atoms with E-state index in [-0.39, 0.29) is 5.56 Å². The van der Waals surface area contributed by atoms with E-state index in [0.717, 1.165) is 25.7 Å². The lowest BCUT2D eigenvalue weighted by molar-refractivity contribution is 0.619. The van der Waals surface area contributed by atoms with Crippen molar-refractivity contribution in [2.45, 2.75) is 19.3 Å². The molecule has 0 amide bonds. The van der Waals surface area contributed by atoms with Crippen molar-refractivity contribution in [3.05, 3.63) is 76.1 Å². The van der Waals surface area contributed by atoms with Gasteiger partial charge in [-0.3, -0.25) is 9.78 Å². The maximum Gasteiger partial charge on any atom is 0.263 e. The number of nitrogens with zero attached hydrogens (tertiary/aromatic N) is 5. The first-order chi connectivity index (χ1) is 14.1. The molecule has 1 aromatic carbocycles. The van der Waals surface area contributed by atoms with Crippen molar-refractivity contribution >= 4 is 17.0 Å². The van der Waals surface area contributed by atoms with Crippen LogP contribution in [0.2, 0.25) is 0 Å². The Hall–Kier alpha value is -3.55. The van der Waals surface area contributed by atoms with Crippen LogP contribution in [0, 0.1) is 12.7 Å². The zero-order chi connectivity index (χ0) is 20.0. The molecule has 3 aromatic heterocycles. The third-order valence-corrected chi connectivity index (χ3v) is 5.39. The van der Waals surface area contributed by atoms with E-state index in [2.05, 4.69) is 56.1 Å². The van der Waals surface area contributed by atoms with Crippen LogP contribution in [-0.2, 0) is 0 Å². The van der Waals surface area contributed by atoms with Gasteiger partial charge in [-0.1, -0.05) is 29.8 Å². The maximum absolute atomic E-state index is 13.2. The average molecular weight is 390 g/mol. The largest absolute Gasteiger partial charge is 0.342 e. The van der Waals surface area contributed by atoms with Crippen molar-refractivity contribution in [2.75, 3.05) is 18.0 Å². The van der Waals surface area contributed by atoms with E-state index in [1.165, 1.54) is 34.1 Å². The number of nitrogens with one attached hydrogen (secondary N) is 1. The van der Waals surface area contributed by atoms with Gasteiger partial charge in [-0.05, 0) is 31.0 Å². The van der Waals surface area contributed by atoms with Gasteiger partial charge in [0.15, 0.2) is 11.5 Å². The molecule has 1 fully saturated rings. The van der Waals surface area contributed by atoms with Gasteiger partial charge in [0.2, 0.25) is 5.95 Å². The zero-order valence-electron chi connectivity index (χ0n) is 15.8. The van der Waals surface area contributed by atoms with Crippen LogP contribution in [0.3, 0.4) is 0 Å². The number of aryl methyl sites for hydroxylation is 1. The van der Waals surface area contributed by atoms with Crippen molar-refractivity contribution in [2.24, 2.45) is 0 Å². The third kappa shape index (κ3) is 3.16. The standard InChI is InChI=1S/C21H19FN6O/c1-13-2-4-14(5-3-13)15-8-9-27(12-15)21-25-19-17(20(29)26-21)11-24-28(19)18-7-6-16(22)10-23-18/h2-7,10-11,15H,8-9,12H2,1H3,(H,25,26,29). The molecular formula is C21H19FN6O. The predicted molar refractivity (Wildman–Crippen MR) is 108 cm³/mol. The number of hydrogen-bond donors (Lipinski definition) is 1. The molecule has 0 radical (unpaired) electrons. The highest BCUT2D eigenvalue weighted by Crippen LogP contribution is 2.29. The lowest BCUT2D eigenvalue weighted by Crippen LogP contribution is -2.25. The number of aromatic amines is 1. The highest BCUT2D eigenvalue weighted by atomic mass is 19.1. The third-order valence-electron chi connectivity index (χ3n) is 5.39. The number of rotatable bonds is 3. The minimum absolute atomic E-state index is 0.253. The van der Waals surface area contributed by atoms with Crippen LogP contribution in [0.4, 0.5) is 10.3 Å². The SMILES string of the molecule is Cc1ccc(C2CCN(c3nc4c(cnn4-c4ccc(F)cn4)c(=O)[nH]3)C2)cc1. The molecule has 4 aromatic rings. The fraction of sp³-hybridized carbons (Fsp3) is 0.238. The molecule has 4 heterocycles. The Kier molecular flexibility index (Phi) is 4.12.